The molecule has 0 aliphatic carbocycles. The number of halogens is 9. The molecule has 0 radical (unpaired) electrons. The minimum atomic E-state index is -4.67. The van der Waals surface area contributed by atoms with Crippen molar-refractivity contribution in [2.24, 2.45) is 10.9 Å². The van der Waals surface area contributed by atoms with Crippen molar-refractivity contribution in [3.63, 3.8) is 0 Å². The van der Waals surface area contributed by atoms with E-state index in [0.717, 1.165) is 179 Å². The summed E-state index contributed by atoms with van der Waals surface area (Å²) >= 11 is 39.6. The van der Waals surface area contributed by atoms with Crippen LogP contribution in [0.3, 0.4) is 0 Å². The van der Waals surface area contributed by atoms with Gasteiger partial charge in [0.25, 0.3) is 17.6 Å². The number of nitrogens with one attached hydrogen (secondary N) is 2. The Morgan fingerprint density at radius 1 is 0.667 bits per heavy atom. The molecular formula is C79H94Br4Cl5CuN13O16PS. The Labute approximate surface area is 767 Å². The Hall–Kier alpha value is -7.70. The molecule has 1 saturated heterocycles. The Morgan fingerprint density at radius 2 is 1.11 bits per heavy atom. The largest absolute Gasteiger partial charge is 1.00 e. The molecule has 0 bridgehead atoms. The topological polar surface area (TPSA) is 488 Å². The second kappa shape index (κ2) is 59.9. The van der Waals surface area contributed by atoms with Gasteiger partial charge in [0.05, 0.1) is 46.1 Å². The Bertz CT molecular complexity index is 5080. The molecule has 1 fully saturated rings. The van der Waals surface area contributed by atoms with Crippen LogP contribution in [0.15, 0.2) is 126 Å². The second-order valence-electron chi connectivity index (χ2n) is 24.5. The minimum Gasteiger partial charge on any atom is -0.512 e. The number of nitrogens with two attached hydrogens (primary N) is 4. The predicted molar refractivity (Wildman–Crippen MR) is 490 cm³/mol. The molecular weight excluding hydrogens is 2010 g/mol. The number of hydrogen-bond donors (Lipinski definition) is 13. The molecule has 2 amide bonds. The summed E-state index contributed by atoms with van der Waals surface area (Å²) in [5, 5.41) is 51.2. The van der Waals surface area contributed by atoms with Crippen molar-refractivity contribution in [1.29, 1.82) is 5.26 Å². The minimum absolute atomic E-state index is 0. The van der Waals surface area contributed by atoms with Crippen LogP contribution in [0.1, 0.15) is 149 Å². The zero-order chi connectivity index (χ0) is 90.7. The summed E-state index contributed by atoms with van der Waals surface area (Å²) in [6, 6.07) is 31.0. The summed E-state index contributed by atoms with van der Waals surface area (Å²) < 4.78 is 44.7. The van der Waals surface area contributed by atoms with E-state index in [2.05, 4.69) is 160 Å². The van der Waals surface area contributed by atoms with Crippen molar-refractivity contribution in [3.8, 4) is 0 Å². The van der Waals surface area contributed by atoms with Crippen molar-refractivity contribution >= 4 is 228 Å². The van der Waals surface area contributed by atoms with E-state index >= 15 is 0 Å². The number of carboxylic acid groups (broad SMARTS) is 2. The average Bonchev–Trinajstić information content (AvgIpc) is 1.07. The Morgan fingerprint density at radius 3 is 1.57 bits per heavy atom. The first-order valence-corrected chi connectivity index (χ1v) is 44.6. The fourth-order valence-electron chi connectivity index (χ4n) is 10.5. The van der Waals surface area contributed by atoms with Crippen LogP contribution in [0.25, 0.3) is 20.6 Å². The van der Waals surface area contributed by atoms with Crippen LogP contribution in [-0.2, 0) is 104 Å². The number of piperidine rings is 1. The second-order valence-corrected chi connectivity index (χ2v) is 36.5. The van der Waals surface area contributed by atoms with E-state index in [0.29, 0.717) is 52.6 Å². The number of nitrogen functional groups attached to an aromatic ring is 3. The molecule has 0 saturated carbocycles. The zero-order valence-corrected chi connectivity index (χ0v) is 78.4. The number of aromatic nitrogens is 1. The van der Waals surface area contributed by atoms with Gasteiger partial charge in [0, 0.05) is 114 Å². The van der Waals surface area contributed by atoms with Crippen molar-refractivity contribution in [1.82, 2.24) is 14.8 Å². The molecule has 0 atom stereocenters. The number of oxime groups is 1. The number of rotatable bonds is 11. The summed E-state index contributed by atoms with van der Waals surface area (Å²) in [6.07, 6.45) is 8.08. The maximum absolute atomic E-state index is 11.4. The van der Waals surface area contributed by atoms with Gasteiger partial charge < -0.3 is 70.6 Å². The SMILES string of the molecule is C.CCc1cc(Br)cc(C(=O)O)c1N.CCc1cc(Br)cc2c1NC(=O)C2=O.CCc1cc(Br)ccc1N.CCc1cc(Br)ccc1NC(=O)/C=N\O.CN1CCC(=O)CC1.Cc1ccc(CN)cc1Cl.O=P(Cl)(Cl)Cl.O=S(=O)(O)O.OO.[C-]#N.[C-]#[N+]c1cc(CC)c(N)c(C(=O)O)c1.[C-]#[N+]c1cc(CC)c2nc3c(c(Cl)c2c1)CN(C)CC3.[Cu+]. The average molecular weight is 2110 g/mol. The summed E-state index contributed by atoms with van der Waals surface area (Å²) in [4.78, 5) is 81.8. The van der Waals surface area contributed by atoms with E-state index in [4.69, 9.17) is 120 Å². The molecule has 3 aliphatic rings. The summed E-state index contributed by atoms with van der Waals surface area (Å²) in [6.45, 7) is 37.1. The van der Waals surface area contributed by atoms with Crippen LogP contribution in [0.5, 0.6) is 0 Å². The molecule has 41 heteroatoms. The van der Waals surface area contributed by atoms with Crippen LogP contribution >= 0.6 is 126 Å². The maximum atomic E-state index is 11.4. The number of amides is 2. The van der Waals surface area contributed by atoms with Crippen molar-refractivity contribution < 1.29 is 93.9 Å². The van der Waals surface area contributed by atoms with E-state index in [1.54, 1.807) is 18.2 Å². The smallest absolute Gasteiger partial charge is 0.512 e. The van der Waals surface area contributed by atoms with Crippen molar-refractivity contribution in [2.75, 3.05) is 61.6 Å². The van der Waals surface area contributed by atoms with Gasteiger partial charge in [-0.3, -0.25) is 48.3 Å². The number of ketones is 2. The van der Waals surface area contributed by atoms with Crippen LogP contribution in [0, 0.1) is 31.9 Å². The van der Waals surface area contributed by atoms with E-state index in [1.807, 2.05) is 108 Å². The third kappa shape index (κ3) is 42.9. The number of hydrogen-bond acceptors (Lipinski definition) is 21. The molecule has 29 nitrogen and oxygen atoms in total. The number of carboxylic acids is 2. The van der Waals surface area contributed by atoms with Gasteiger partial charge in [-0.1, -0.05) is 165 Å². The number of aryl methyl sites for hydroxylation is 7. The number of carbonyl (C=O) groups is 6. The number of anilines is 5. The summed E-state index contributed by atoms with van der Waals surface area (Å²) in [5.41, 5.74) is 38.1. The Kier molecular flexibility index (Phi) is 58.2. The molecule has 11 rings (SSSR count). The summed E-state index contributed by atoms with van der Waals surface area (Å²) in [7, 11) is -0.525. The van der Waals surface area contributed by atoms with Gasteiger partial charge in [0.1, 0.15) is 12.0 Å². The molecule has 7 aromatic carbocycles. The number of fused-ring (bicyclic) bond motifs is 3. The maximum Gasteiger partial charge on any atom is 1.00 e. The van der Waals surface area contributed by atoms with E-state index in [-0.39, 0.29) is 41.3 Å². The number of carbonyl (C=O) groups excluding carboxylic acids is 4. The molecule has 17 N–H and O–H groups in total. The van der Waals surface area contributed by atoms with Gasteiger partial charge in [-0.15, -0.1) is 0 Å². The molecule has 1 aromatic heterocycles. The normalized spacial score (nSPS) is 11.9. The first kappa shape index (κ1) is 116. The molecule has 4 heterocycles. The number of likely N-dealkylation sites (N-methyl/N-ethyl adjacent to an activating group) is 1. The predicted octanol–water partition coefficient (Wildman–Crippen LogP) is 20.8. The van der Waals surface area contributed by atoms with E-state index < -0.39 is 45.1 Å². The van der Waals surface area contributed by atoms with Crippen LogP contribution in [0.4, 0.5) is 39.8 Å². The Balaban J connectivity index is -0.00000128. The van der Waals surface area contributed by atoms with Gasteiger partial charge in [-0.2, -0.15) is 8.42 Å². The number of likely N-dealkylation sites (tertiary alicyclic amines) is 1. The van der Waals surface area contributed by atoms with E-state index in [9.17, 15) is 33.3 Å². The number of nitrogens with zero attached hydrogens (tertiary/aromatic N) is 7. The fraction of sp³-hybridized carbons (Fsp3) is 0.304. The summed E-state index contributed by atoms with van der Waals surface area (Å²) in [5.74, 6) is -3.10. The van der Waals surface area contributed by atoms with Gasteiger partial charge in [0.15, 0.2) is 11.4 Å². The molecule has 8 aromatic rings. The molecule has 0 spiro atoms. The van der Waals surface area contributed by atoms with Gasteiger partial charge in [-0.25, -0.2) is 19.3 Å². The molecule has 120 heavy (non-hydrogen) atoms. The number of pyridine rings is 1. The van der Waals surface area contributed by atoms with Crippen LogP contribution in [-0.4, -0.2) is 134 Å². The van der Waals surface area contributed by atoms with Gasteiger partial charge >= 0.3 is 44.6 Å². The quantitative estimate of drug-likeness (QED) is 0.00546. The number of aromatic carboxylic acids is 2. The van der Waals surface area contributed by atoms with Crippen molar-refractivity contribution in [2.45, 2.75) is 127 Å². The molecule has 3 aliphatic heterocycles. The fourth-order valence-corrected chi connectivity index (χ4v) is 12.8. The third-order valence-electron chi connectivity index (χ3n) is 16.4. The van der Waals surface area contributed by atoms with Crippen LogP contribution < -0.4 is 33.6 Å². The monoisotopic (exact) mass is 2100 g/mol. The van der Waals surface area contributed by atoms with Crippen molar-refractivity contribution in [3.05, 3.63) is 233 Å². The molecule has 0 unspecified atom stereocenters. The molecule has 656 valence electrons. The standard InChI is InChI=1S/C16H16ClN3.C10H11BrN2O2.C10H8BrNO2.C10H10N2O2.C9H10BrNO2.C8H10BrN.C8H10ClN.C6H11NO.CN.CH4.Cl3OP.Cu.H2O4S.H2O2/c1-4-10-7-11(18-2)8-12-15(17)13-9-20(3)6-5-14(13)19-16(10)12;1-2-7-5-8(11)3-4-9(7)13-10(14)6-12-15;1-2-5-3-6(11)4-7-8(5)12-10(14)9(7)13;1-3-6-4-7(12-2)5-8(9(6)11)10(13)14;1-2-5-3-6(10)4-7(8(5)11)9(12)13;1-2-6-5-7(9)3-4-8(6)10;1-6-2-3-7(5-10)4-8(6)9;1-7-4-2-6(8)3-5-7;1-2;;1-5(2,3)4;;1-5(2,3)4;1-2/h7-8H,4-6,9H2,1,3H3;3-6,15H,2H2,1H3,(H,13,14);3-4H,2H2,1H3,(H,12,13,14);4-5H,3,11H2,1H3,(H,13,14);3-4H,2,11H2,1H3,(H,12,13);3-5H,2,10H2,1H3;2-4H,5,10H2,1H3;2-5H2,1H3;;1H4;;;(H2,1,2,3,4);1-2H/q;;;;;;;;-1;;;+1;;/b;12-6-;;;;;;;;;;;;. The zero-order valence-electron chi connectivity index (χ0n) is 65.6. The number of benzene rings is 7. The third-order valence-corrected chi connectivity index (χ3v) is 19.2. The van der Waals surface area contributed by atoms with Gasteiger partial charge in [-0.05, 0) is 217 Å². The van der Waals surface area contributed by atoms with E-state index in [1.165, 1.54) is 17.7 Å². The van der Waals surface area contributed by atoms with Crippen LogP contribution in [0.2, 0.25) is 10.0 Å². The number of Topliss-reactive ketones (excluding diaryl/α,β-unsaturated/α-hetero) is 2. The first-order chi connectivity index (χ1) is 55.3. The van der Waals surface area contributed by atoms with Gasteiger partial charge in [0.2, 0.25) is 0 Å². The first-order valence-electron chi connectivity index (χ1n) is 34.9.